The summed E-state index contributed by atoms with van der Waals surface area (Å²) in [4.78, 5) is 35.8. The molecule has 0 aromatic heterocycles. The molecule has 0 atom stereocenters. The van der Waals surface area contributed by atoms with E-state index in [9.17, 15) is 14.4 Å². The lowest BCUT2D eigenvalue weighted by molar-refractivity contribution is -0.147. The van der Waals surface area contributed by atoms with Crippen LogP contribution in [0.15, 0.2) is 42.5 Å². The molecule has 0 aliphatic carbocycles. The highest BCUT2D eigenvalue weighted by Crippen LogP contribution is 2.17. The second-order valence-corrected chi connectivity index (χ2v) is 6.94. The van der Waals surface area contributed by atoms with Crippen LogP contribution in [0.3, 0.4) is 0 Å². The van der Waals surface area contributed by atoms with Crippen LogP contribution in [0.2, 0.25) is 0 Å². The van der Waals surface area contributed by atoms with Gasteiger partial charge in [0.15, 0.2) is 6.61 Å². The van der Waals surface area contributed by atoms with E-state index in [0.29, 0.717) is 12.1 Å². The molecule has 0 aliphatic rings. The molecule has 0 heterocycles. The summed E-state index contributed by atoms with van der Waals surface area (Å²) in [7, 11) is 0. The van der Waals surface area contributed by atoms with Crippen LogP contribution < -0.4 is 10.6 Å². The molecule has 2 aromatic carbocycles. The number of esters is 1. The number of aryl methyl sites for hydroxylation is 3. The lowest BCUT2D eigenvalue weighted by Gasteiger charge is -2.10. The number of para-hydroxylation sites is 1. The average molecular weight is 396 g/mol. The molecule has 2 aromatic rings. The Morgan fingerprint density at radius 2 is 1.62 bits per heavy atom. The van der Waals surface area contributed by atoms with E-state index in [0.717, 1.165) is 28.8 Å². The summed E-state index contributed by atoms with van der Waals surface area (Å²) < 4.78 is 4.99. The molecule has 154 valence electrons. The molecular formula is C23H28N2O4. The van der Waals surface area contributed by atoms with E-state index in [2.05, 4.69) is 10.6 Å². The van der Waals surface area contributed by atoms with Gasteiger partial charge >= 0.3 is 5.97 Å². The average Bonchev–Trinajstić information content (AvgIpc) is 2.69. The van der Waals surface area contributed by atoms with Crippen molar-refractivity contribution < 1.29 is 19.1 Å². The number of carbonyl (C=O) groups is 3. The van der Waals surface area contributed by atoms with Gasteiger partial charge in [-0.2, -0.15) is 0 Å². The van der Waals surface area contributed by atoms with Crippen LogP contribution in [0.1, 0.15) is 42.9 Å². The third-order valence-corrected chi connectivity index (χ3v) is 4.48. The zero-order valence-electron chi connectivity index (χ0n) is 17.2. The van der Waals surface area contributed by atoms with Crippen molar-refractivity contribution in [1.29, 1.82) is 0 Å². The number of hydrogen-bond acceptors (Lipinski definition) is 4. The zero-order valence-corrected chi connectivity index (χ0v) is 17.2. The van der Waals surface area contributed by atoms with Gasteiger partial charge in [-0.05, 0) is 49.9 Å². The smallest absolute Gasteiger partial charge is 0.306 e. The van der Waals surface area contributed by atoms with Gasteiger partial charge in [-0.25, -0.2) is 0 Å². The Bertz CT molecular complexity index is 877. The number of nitrogens with one attached hydrogen (secondary N) is 2. The van der Waals surface area contributed by atoms with Gasteiger partial charge in [0, 0.05) is 24.2 Å². The maximum absolute atomic E-state index is 12.1. The molecule has 0 unspecified atom stereocenters. The highest BCUT2D eigenvalue weighted by molar-refractivity contribution is 5.94. The molecule has 0 bridgehead atoms. The minimum Gasteiger partial charge on any atom is -0.456 e. The van der Waals surface area contributed by atoms with Gasteiger partial charge in [-0.15, -0.1) is 0 Å². The maximum Gasteiger partial charge on any atom is 0.306 e. The minimum absolute atomic E-state index is 0.0830. The topological polar surface area (TPSA) is 84.5 Å². The lowest BCUT2D eigenvalue weighted by Crippen LogP contribution is -2.21. The fourth-order valence-electron chi connectivity index (χ4n) is 2.91. The molecule has 0 radical (unpaired) electrons. The molecule has 2 N–H and O–H groups in total. The van der Waals surface area contributed by atoms with Crippen LogP contribution in [0, 0.1) is 13.8 Å². The van der Waals surface area contributed by atoms with E-state index in [1.54, 1.807) is 0 Å². The Kier molecular flexibility index (Phi) is 8.40. The minimum atomic E-state index is -0.498. The van der Waals surface area contributed by atoms with Crippen molar-refractivity contribution in [2.45, 2.75) is 46.5 Å². The molecule has 6 nitrogen and oxygen atoms in total. The predicted molar refractivity (Wildman–Crippen MR) is 114 cm³/mol. The Labute approximate surface area is 171 Å². The number of hydrogen-bond donors (Lipinski definition) is 2. The summed E-state index contributed by atoms with van der Waals surface area (Å²) in [5, 5.41) is 5.59. The third kappa shape index (κ3) is 7.41. The summed E-state index contributed by atoms with van der Waals surface area (Å²) in [6.07, 6.45) is 1.48. The highest BCUT2D eigenvalue weighted by atomic mass is 16.5. The first-order chi connectivity index (χ1) is 13.9. The molecule has 2 rings (SSSR count). The van der Waals surface area contributed by atoms with Crippen LogP contribution in [0.5, 0.6) is 0 Å². The first kappa shape index (κ1) is 22.1. The number of anilines is 2. The van der Waals surface area contributed by atoms with Gasteiger partial charge in [0.05, 0.1) is 0 Å². The largest absolute Gasteiger partial charge is 0.456 e. The van der Waals surface area contributed by atoms with E-state index in [-0.39, 0.29) is 31.3 Å². The van der Waals surface area contributed by atoms with Crippen molar-refractivity contribution in [2.24, 2.45) is 0 Å². The SMILES string of the molecule is CCc1ccccc1NC(=O)CCCC(=O)OCC(=O)Nc1ccc(C)cc1C. The van der Waals surface area contributed by atoms with Gasteiger partial charge in [0.2, 0.25) is 5.91 Å². The Morgan fingerprint density at radius 3 is 2.34 bits per heavy atom. The maximum atomic E-state index is 12.1. The molecule has 0 aliphatic heterocycles. The fraction of sp³-hybridized carbons (Fsp3) is 0.348. The summed E-state index contributed by atoms with van der Waals surface area (Å²) >= 11 is 0. The summed E-state index contributed by atoms with van der Waals surface area (Å²) in [5.41, 5.74) is 4.61. The standard InChI is InChI=1S/C23H28N2O4/c1-4-18-8-5-6-9-20(18)25-21(26)10-7-11-23(28)29-15-22(27)24-19-13-12-16(2)14-17(19)3/h5-6,8-9,12-14H,4,7,10-11,15H2,1-3H3,(H,24,27)(H,25,26). The molecule has 0 saturated carbocycles. The number of carbonyl (C=O) groups excluding carboxylic acids is 3. The van der Waals surface area contributed by atoms with Crippen LogP contribution in [-0.4, -0.2) is 24.4 Å². The zero-order chi connectivity index (χ0) is 21.2. The van der Waals surface area contributed by atoms with E-state index < -0.39 is 5.97 Å². The molecule has 29 heavy (non-hydrogen) atoms. The van der Waals surface area contributed by atoms with Gasteiger partial charge < -0.3 is 15.4 Å². The van der Waals surface area contributed by atoms with Crippen LogP contribution in [0.25, 0.3) is 0 Å². The summed E-state index contributed by atoms with van der Waals surface area (Å²) in [5.74, 6) is -1.03. The molecule has 6 heteroatoms. The Balaban J connectivity index is 1.67. The van der Waals surface area contributed by atoms with Crippen LogP contribution in [0.4, 0.5) is 11.4 Å². The second kappa shape index (κ2) is 11.0. The van der Waals surface area contributed by atoms with Crippen molar-refractivity contribution in [2.75, 3.05) is 17.2 Å². The van der Waals surface area contributed by atoms with E-state index in [1.165, 1.54) is 0 Å². The van der Waals surface area contributed by atoms with Crippen molar-refractivity contribution in [3.63, 3.8) is 0 Å². The summed E-state index contributed by atoms with van der Waals surface area (Å²) in [6.45, 7) is 5.56. The van der Waals surface area contributed by atoms with E-state index in [4.69, 9.17) is 4.74 Å². The first-order valence-corrected chi connectivity index (χ1v) is 9.79. The van der Waals surface area contributed by atoms with Crippen molar-refractivity contribution in [1.82, 2.24) is 0 Å². The van der Waals surface area contributed by atoms with Gasteiger partial charge in [-0.3, -0.25) is 14.4 Å². The van der Waals surface area contributed by atoms with E-state index in [1.807, 2.05) is 63.2 Å². The molecule has 0 saturated heterocycles. The number of ether oxygens (including phenoxy) is 1. The van der Waals surface area contributed by atoms with Crippen molar-refractivity contribution >= 4 is 29.2 Å². The van der Waals surface area contributed by atoms with Gasteiger partial charge in [-0.1, -0.05) is 42.8 Å². The monoisotopic (exact) mass is 396 g/mol. The van der Waals surface area contributed by atoms with Crippen molar-refractivity contribution in [3.8, 4) is 0 Å². The quantitative estimate of drug-likeness (QED) is 0.624. The predicted octanol–water partition coefficient (Wildman–Crippen LogP) is 4.16. The lowest BCUT2D eigenvalue weighted by atomic mass is 10.1. The van der Waals surface area contributed by atoms with Gasteiger partial charge in [0.25, 0.3) is 5.91 Å². The Morgan fingerprint density at radius 1 is 0.897 bits per heavy atom. The van der Waals surface area contributed by atoms with Crippen LogP contribution >= 0.6 is 0 Å². The molecular weight excluding hydrogens is 368 g/mol. The number of rotatable bonds is 9. The third-order valence-electron chi connectivity index (χ3n) is 4.48. The normalized spacial score (nSPS) is 10.3. The molecule has 2 amide bonds. The Hall–Kier alpha value is -3.15. The number of benzene rings is 2. The fourth-order valence-corrected chi connectivity index (χ4v) is 2.91. The van der Waals surface area contributed by atoms with Crippen molar-refractivity contribution in [3.05, 3.63) is 59.2 Å². The number of amides is 2. The molecule has 0 spiro atoms. The van der Waals surface area contributed by atoms with E-state index >= 15 is 0 Å². The van der Waals surface area contributed by atoms with Crippen LogP contribution in [-0.2, 0) is 25.5 Å². The second-order valence-electron chi connectivity index (χ2n) is 6.94. The van der Waals surface area contributed by atoms with Gasteiger partial charge in [0.1, 0.15) is 0 Å². The first-order valence-electron chi connectivity index (χ1n) is 9.79. The summed E-state index contributed by atoms with van der Waals surface area (Å²) in [6, 6.07) is 13.3. The molecule has 0 fully saturated rings. The highest BCUT2D eigenvalue weighted by Gasteiger charge is 2.11.